The average Bonchev–Trinajstić information content (AvgIpc) is 3.22. The molecule has 1 fully saturated rings. The van der Waals surface area contributed by atoms with Crippen molar-refractivity contribution in [3.05, 3.63) is 44.4 Å². The molecule has 25 heavy (non-hydrogen) atoms. The molecule has 2 heterocycles. The molecule has 0 radical (unpaired) electrons. The van der Waals surface area contributed by atoms with Gasteiger partial charge in [0.05, 0.1) is 17.5 Å². The molecule has 4 rings (SSSR count). The van der Waals surface area contributed by atoms with Crippen molar-refractivity contribution in [2.75, 3.05) is 11.9 Å². The smallest absolute Gasteiger partial charge is 0.367 e. The maximum Gasteiger partial charge on any atom is 0.367 e. The van der Waals surface area contributed by atoms with Gasteiger partial charge >= 0.3 is 5.97 Å². The molecule has 1 aliphatic carbocycles. The fraction of sp³-hybridized carbons (Fsp3) is 0.474. The number of aryl methyl sites for hydroxylation is 1. The first kappa shape index (κ1) is 16.9. The molecule has 0 bridgehead atoms. The third-order valence-electron chi connectivity index (χ3n) is 5.26. The van der Waals surface area contributed by atoms with E-state index < -0.39 is 5.97 Å². The van der Waals surface area contributed by atoms with Crippen LogP contribution < -0.4 is 5.32 Å². The lowest BCUT2D eigenvalue weighted by atomic mass is 9.79. The Hall–Kier alpha value is -1.59. The van der Waals surface area contributed by atoms with Gasteiger partial charge < -0.3 is 10.1 Å². The van der Waals surface area contributed by atoms with Gasteiger partial charge in [-0.25, -0.2) is 9.78 Å². The highest BCUT2D eigenvalue weighted by atomic mass is 35.5. The first-order valence-electron chi connectivity index (χ1n) is 8.79. The van der Waals surface area contributed by atoms with Crippen LogP contribution in [0.2, 0.25) is 5.15 Å². The number of anilines is 1. The summed E-state index contributed by atoms with van der Waals surface area (Å²) >= 11 is 7.78. The molecule has 6 heteroatoms. The van der Waals surface area contributed by atoms with Crippen molar-refractivity contribution in [2.24, 2.45) is 5.92 Å². The van der Waals surface area contributed by atoms with E-state index in [1.54, 1.807) is 6.92 Å². The Balaban J connectivity index is 1.71. The van der Waals surface area contributed by atoms with E-state index in [1.165, 1.54) is 47.4 Å². The van der Waals surface area contributed by atoms with E-state index in [0.717, 1.165) is 4.88 Å². The van der Waals surface area contributed by atoms with Gasteiger partial charge in [-0.3, -0.25) is 0 Å². The van der Waals surface area contributed by atoms with Crippen LogP contribution in [0.5, 0.6) is 0 Å². The molecule has 1 aliphatic heterocycles. The van der Waals surface area contributed by atoms with Crippen LogP contribution in [0.25, 0.3) is 0 Å². The second kappa shape index (κ2) is 6.61. The maximum atomic E-state index is 12.0. The van der Waals surface area contributed by atoms with Crippen molar-refractivity contribution in [1.82, 2.24) is 4.98 Å². The van der Waals surface area contributed by atoms with E-state index in [0.29, 0.717) is 28.6 Å². The Morgan fingerprint density at radius 2 is 2.28 bits per heavy atom. The summed E-state index contributed by atoms with van der Waals surface area (Å²) in [7, 11) is 0. The Labute approximate surface area is 156 Å². The second-order valence-electron chi connectivity index (χ2n) is 6.81. The number of nitrogens with zero attached hydrogens (tertiary/aromatic N) is 1. The van der Waals surface area contributed by atoms with E-state index >= 15 is 0 Å². The quantitative estimate of drug-likeness (QED) is 0.735. The number of nitrogens with one attached hydrogen (secondary N) is 1. The second-order valence-corrected chi connectivity index (χ2v) is 8.20. The molecular weight excluding hydrogens is 356 g/mol. The van der Waals surface area contributed by atoms with Gasteiger partial charge in [0.2, 0.25) is 5.01 Å². The Bertz CT molecular complexity index is 820. The van der Waals surface area contributed by atoms with Crippen molar-refractivity contribution in [1.29, 1.82) is 0 Å². The first-order chi connectivity index (χ1) is 12.1. The Morgan fingerprint density at radius 3 is 3.08 bits per heavy atom. The van der Waals surface area contributed by atoms with E-state index in [9.17, 15) is 4.79 Å². The van der Waals surface area contributed by atoms with Crippen LogP contribution in [0.3, 0.4) is 0 Å². The number of hydrogen-bond acceptors (Lipinski definition) is 5. The molecule has 0 amide bonds. The summed E-state index contributed by atoms with van der Waals surface area (Å²) in [6, 6.07) is 6.71. The number of hydrogen-bond donors (Lipinski definition) is 1. The molecule has 1 saturated carbocycles. The lowest BCUT2D eigenvalue weighted by Crippen LogP contribution is -2.28. The van der Waals surface area contributed by atoms with Crippen molar-refractivity contribution in [3.8, 4) is 0 Å². The Kier molecular flexibility index (Phi) is 4.46. The summed E-state index contributed by atoms with van der Waals surface area (Å²) in [5.74, 6) is 0.642. The van der Waals surface area contributed by atoms with Gasteiger partial charge in [0, 0.05) is 5.69 Å². The van der Waals surface area contributed by atoms with Gasteiger partial charge in [0.25, 0.3) is 0 Å². The SMILES string of the molecule is CCOC(=O)c1nc(Cl)c([C@@H]2Nc3ccc(C)cc3[C@@H]3CCC[C@@H]32)s1. The molecular formula is C19H21ClN2O2S. The van der Waals surface area contributed by atoms with Gasteiger partial charge in [0.15, 0.2) is 0 Å². The zero-order valence-corrected chi connectivity index (χ0v) is 15.9. The van der Waals surface area contributed by atoms with Crippen LogP contribution in [-0.4, -0.2) is 17.6 Å². The number of ether oxygens (including phenoxy) is 1. The third kappa shape index (κ3) is 2.93. The summed E-state index contributed by atoms with van der Waals surface area (Å²) < 4.78 is 5.07. The number of thiazole rings is 1. The van der Waals surface area contributed by atoms with Gasteiger partial charge in [-0.05, 0) is 50.2 Å². The third-order valence-corrected chi connectivity index (χ3v) is 6.78. The summed E-state index contributed by atoms with van der Waals surface area (Å²) in [6.07, 6.45) is 3.60. The largest absolute Gasteiger partial charge is 0.461 e. The number of aromatic nitrogens is 1. The number of carbonyl (C=O) groups is 1. The van der Waals surface area contributed by atoms with E-state index in [1.807, 2.05) is 0 Å². The summed E-state index contributed by atoms with van der Waals surface area (Å²) in [4.78, 5) is 17.2. The number of rotatable bonds is 3. The van der Waals surface area contributed by atoms with Crippen molar-refractivity contribution >= 4 is 34.6 Å². The minimum Gasteiger partial charge on any atom is -0.461 e. The first-order valence-corrected chi connectivity index (χ1v) is 9.98. The lowest BCUT2D eigenvalue weighted by molar-refractivity contribution is 0.0526. The van der Waals surface area contributed by atoms with Gasteiger partial charge in [-0.1, -0.05) is 35.7 Å². The van der Waals surface area contributed by atoms with E-state index in [2.05, 4.69) is 35.4 Å². The Morgan fingerprint density at radius 1 is 1.44 bits per heavy atom. The number of esters is 1. The lowest BCUT2D eigenvalue weighted by Gasteiger charge is -2.37. The van der Waals surface area contributed by atoms with Crippen molar-refractivity contribution < 1.29 is 9.53 Å². The van der Waals surface area contributed by atoms with Gasteiger partial charge in [-0.2, -0.15) is 0 Å². The van der Waals surface area contributed by atoms with Crippen LogP contribution in [0, 0.1) is 12.8 Å². The van der Waals surface area contributed by atoms with Crippen LogP contribution in [0.1, 0.15) is 64.0 Å². The maximum absolute atomic E-state index is 12.0. The molecule has 0 unspecified atom stereocenters. The van der Waals surface area contributed by atoms with E-state index in [4.69, 9.17) is 16.3 Å². The number of carbonyl (C=O) groups excluding carboxylic acids is 1. The fourth-order valence-corrected chi connectivity index (χ4v) is 5.56. The average molecular weight is 377 g/mol. The van der Waals surface area contributed by atoms with Gasteiger partial charge in [0.1, 0.15) is 5.15 Å². The molecule has 2 aromatic rings. The molecule has 1 N–H and O–H groups in total. The highest BCUT2D eigenvalue weighted by Crippen LogP contribution is 2.54. The zero-order chi connectivity index (χ0) is 17.6. The minimum atomic E-state index is -0.393. The fourth-order valence-electron chi connectivity index (χ4n) is 4.21. The number of benzene rings is 1. The molecule has 4 nitrogen and oxygen atoms in total. The highest BCUT2D eigenvalue weighted by molar-refractivity contribution is 7.14. The zero-order valence-electron chi connectivity index (χ0n) is 14.3. The van der Waals surface area contributed by atoms with Crippen LogP contribution >= 0.6 is 22.9 Å². The van der Waals surface area contributed by atoms with Crippen molar-refractivity contribution in [3.63, 3.8) is 0 Å². The molecule has 1 aromatic heterocycles. The normalized spacial score (nSPS) is 24.4. The topological polar surface area (TPSA) is 51.2 Å². The standard InChI is InChI=1S/C19H21ClN2O2S/c1-3-24-19(23)18-22-17(20)16(25-18)15-12-6-4-5-11(12)13-9-10(2)7-8-14(13)21-15/h7-9,11-12,15,21H,3-6H2,1-2H3/t11-,12+,15-/m1/s1. The number of halogens is 1. The van der Waals surface area contributed by atoms with Crippen LogP contribution in [0.15, 0.2) is 18.2 Å². The summed E-state index contributed by atoms with van der Waals surface area (Å²) in [6.45, 7) is 4.27. The monoisotopic (exact) mass is 376 g/mol. The summed E-state index contributed by atoms with van der Waals surface area (Å²) in [5.41, 5.74) is 3.90. The predicted molar refractivity (Wildman–Crippen MR) is 101 cm³/mol. The van der Waals surface area contributed by atoms with Crippen LogP contribution in [-0.2, 0) is 4.74 Å². The molecule has 0 saturated heterocycles. The van der Waals surface area contributed by atoms with Crippen molar-refractivity contribution in [2.45, 2.75) is 45.1 Å². The molecule has 132 valence electrons. The van der Waals surface area contributed by atoms with Crippen LogP contribution in [0.4, 0.5) is 5.69 Å². The highest BCUT2D eigenvalue weighted by Gasteiger charge is 2.42. The molecule has 0 spiro atoms. The predicted octanol–water partition coefficient (Wildman–Crippen LogP) is 5.33. The molecule has 1 aromatic carbocycles. The minimum absolute atomic E-state index is 0.107. The summed E-state index contributed by atoms with van der Waals surface area (Å²) in [5, 5.41) is 4.43. The number of fused-ring (bicyclic) bond motifs is 3. The van der Waals surface area contributed by atoms with Gasteiger partial charge in [-0.15, -0.1) is 11.3 Å². The molecule has 2 aliphatic rings. The van der Waals surface area contributed by atoms with E-state index in [-0.39, 0.29) is 6.04 Å². The molecule has 3 atom stereocenters.